The molecule has 1 aliphatic carbocycles. The molecule has 36 heavy (non-hydrogen) atoms. The number of alkyl halides is 2. The Kier molecular flexibility index (Phi) is 6.16. The van der Waals surface area contributed by atoms with Gasteiger partial charge in [0.15, 0.2) is 5.82 Å². The minimum Gasteiger partial charge on any atom is -0.478 e. The number of hydrogen-bond donors (Lipinski definition) is 1. The molecule has 0 saturated heterocycles. The molecule has 2 heterocycles. The van der Waals surface area contributed by atoms with Crippen LogP contribution < -0.4 is 0 Å². The number of aryl methyl sites for hydroxylation is 1. The second-order valence-corrected chi connectivity index (χ2v) is 9.54. The molecule has 5 nitrogen and oxygen atoms in total. The second kappa shape index (κ2) is 9.30. The Morgan fingerprint density at radius 1 is 1.00 bits per heavy atom. The summed E-state index contributed by atoms with van der Waals surface area (Å²) in [6.07, 6.45) is 2.25. The number of carbonyl (C=O) groups is 1. The molecule has 1 aliphatic rings. The summed E-state index contributed by atoms with van der Waals surface area (Å²) in [4.78, 5) is 16.3. The molecular formula is C29H27F2N3O2. The summed E-state index contributed by atoms with van der Waals surface area (Å²) in [6, 6.07) is 20.0. The smallest absolute Gasteiger partial charge is 0.339 e. The molecular weight excluding hydrogens is 460 g/mol. The molecule has 0 amide bonds. The van der Waals surface area contributed by atoms with E-state index in [4.69, 9.17) is 4.98 Å². The van der Waals surface area contributed by atoms with Crippen LogP contribution in [0, 0.1) is 13.8 Å². The molecule has 184 valence electrons. The number of benzene rings is 2. The molecule has 0 bridgehead atoms. The topological polar surface area (TPSA) is 68.0 Å². The Labute approximate surface area is 208 Å². The maximum atomic E-state index is 13.6. The lowest BCUT2D eigenvalue weighted by atomic mass is 9.82. The number of aromatic nitrogens is 3. The summed E-state index contributed by atoms with van der Waals surface area (Å²) in [7, 11) is 0. The SMILES string of the molecule is Cc1ccc(-c2ccc(C3CCC(F)(F)CC3)cc2)c(-c2cccc(-n3ncc(C(=O)O)c3C)n2)c1. The number of carboxylic acids is 1. The number of carboxylic acid groups (broad SMARTS) is 1. The van der Waals surface area contributed by atoms with Crippen molar-refractivity contribution in [2.45, 2.75) is 51.4 Å². The molecule has 7 heteroatoms. The Bertz CT molecular complexity index is 1420. The van der Waals surface area contributed by atoms with Crippen LogP contribution in [0.2, 0.25) is 0 Å². The average molecular weight is 488 g/mol. The van der Waals surface area contributed by atoms with Gasteiger partial charge in [0.25, 0.3) is 0 Å². The van der Waals surface area contributed by atoms with Gasteiger partial charge in [0.1, 0.15) is 5.56 Å². The summed E-state index contributed by atoms with van der Waals surface area (Å²) in [6.45, 7) is 3.73. The van der Waals surface area contributed by atoms with Crippen molar-refractivity contribution in [1.82, 2.24) is 14.8 Å². The first-order chi connectivity index (χ1) is 17.2. The van der Waals surface area contributed by atoms with Crippen LogP contribution in [0.4, 0.5) is 8.78 Å². The Balaban J connectivity index is 1.49. The van der Waals surface area contributed by atoms with Crippen LogP contribution in [0.5, 0.6) is 0 Å². The van der Waals surface area contributed by atoms with E-state index in [1.807, 2.05) is 19.1 Å². The quantitative estimate of drug-likeness (QED) is 0.323. The molecule has 1 N–H and O–H groups in total. The van der Waals surface area contributed by atoms with Gasteiger partial charge < -0.3 is 5.11 Å². The van der Waals surface area contributed by atoms with Crippen molar-refractivity contribution in [2.75, 3.05) is 0 Å². The zero-order valence-electron chi connectivity index (χ0n) is 20.2. The third-order valence-electron chi connectivity index (χ3n) is 7.05. The fourth-order valence-electron chi connectivity index (χ4n) is 4.97. The van der Waals surface area contributed by atoms with Crippen LogP contribution in [-0.4, -0.2) is 31.8 Å². The van der Waals surface area contributed by atoms with Gasteiger partial charge >= 0.3 is 5.97 Å². The van der Waals surface area contributed by atoms with E-state index in [1.165, 1.54) is 10.9 Å². The normalized spacial score (nSPS) is 15.7. The summed E-state index contributed by atoms with van der Waals surface area (Å²) in [5.41, 5.74) is 6.56. The van der Waals surface area contributed by atoms with E-state index < -0.39 is 11.9 Å². The van der Waals surface area contributed by atoms with E-state index in [2.05, 4.69) is 47.6 Å². The lowest BCUT2D eigenvalue weighted by Crippen LogP contribution is -2.23. The molecule has 2 aromatic heterocycles. The largest absolute Gasteiger partial charge is 0.478 e. The van der Waals surface area contributed by atoms with Crippen molar-refractivity contribution in [3.63, 3.8) is 0 Å². The fourth-order valence-corrected chi connectivity index (χ4v) is 4.97. The van der Waals surface area contributed by atoms with E-state index in [1.54, 1.807) is 13.0 Å². The number of pyridine rings is 1. The van der Waals surface area contributed by atoms with Gasteiger partial charge in [-0.1, -0.05) is 48.0 Å². The zero-order chi connectivity index (χ0) is 25.4. The monoisotopic (exact) mass is 487 g/mol. The molecule has 5 rings (SSSR count). The van der Waals surface area contributed by atoms with Gasteiger partial charge in [-0.3, -0.25) is 0 Å². The summed E-state index contributed by atoms with van der Waals surface area (Å²) in [5, 5.41) is 13.6. The predicted molar refractivity (Wildman–Crippen MR) is 135 cm³/mol. The Morgan fingerprint density at radius 3 is 2.39 bits per heavy atom. The maximum Gasteiger partial charge on any atom is 0.339 e. The van der Waals surface area contributed by atoms with Crippen LogP contribution in [0.3, 0.4) is 0 Å². The van der Waals surface area contributed by atoms with Crippen LogP contribution >= 0.6 is 0 Å². The highest BCUT2D eigenvalue weighted by Gasteiger charge is 2.35. The minimum atomic E-state index is -2.53. The van der Waals surface area contributed by atoms with Crippen molar-refractivity contribution in [1.29, 1.82) is 0 Å². The zero-order valence-corrected chi connectivity index (χ0v) is 20.2. The molecule has 4 aromatic rings. The third-order valence-corrected chi connectivity index (χ3v) is 7.05. The average Bonchev–Trinajstić information content (AvgIpc) is 3.26. The van der Waals surface area contributed by atoms with Crippen molar-refractivity contribution < 1.29 is 18.7 Å². The molecule has 0 radical (unpaired) electrons. The molecule has 1 saturated carbocycles. The maximum absolute atomic E-state index is 13.6. The molecule has 2 aromatic carbocycles. The van der Waals surface area contributed by atoms with E-state index in [0.717, 1.165) is 33.5 Å². The van der Waals surface area contributed by atoms with Gasteiger partial charge in [0.05, 0.1) is 17.6 Å². The first kappa shape index (κ1) is 23.9. The Morgan fingerprint density at radius 2 is 1.72 bits per heavy atom. The number of halogens is 2. The van der Waals surface area contributed by atoms with Gasteiger partial charge in [-0.2, -0.15) is 5.10 Å². The van der Waals surface area contributed by atoms with Crippen molar-refractivity contribution >= 4 is 5.97 Å². The fraction of sp³-hybridized carbons (Fsp3) is 0.276. The molecule has 0 spiro atoms. The van der Waals surface area contributed by atoms with Crippen LogP contribution in [-0.2, 0) is 0 Å². The van der Waals surface area contributed by atoms with Crippen LogP contribution in [0.25, 0.3) is 28.2 Å². The summed E-state index contributed by atoms with van der Waals surface area (Å²) in [5.74, 6) is -2.85. The molecule has 0 aliphatic heterocycles. The minimum absolute atomic E-state index is 0.0484. The highest BCUT2D eigenvalue weighted by molar-refractivity contribution is 5.88. The van der Waals surface area contributed by atoms with Crippen LogP contribution in [0.15, 0.2) is 66.9 Å². The summed E-state index contributed by atoms with van der Waals surface area (Å²) < 4.78 is 28.7. The van der Waals surface area contributed by atoms with Gasteiger partial charge in [-0.15, -0.1) is 0 Å². The standard InChI is InChI=1S/C29H27F2N3O2/c1-18-6-11-23(22-9-7-20(8-10-22)21-12-14-29(30,31)15-13-21)24(16-18)26-4-3-5-27(33-26)34-19(2)25(17-32-34)28(35)36/h3-11,16-17,21H,12-15H2,1-2H3,(H,35,36). The van der Waals surface area contributed by atoms with Crippen LogP contribution in [0.1, 0.15) is 58.8 Å². The predicted octanol–water partition coefficient (Wildman–Crippen LogP) is 7.21. The van der Waals surface area contributed by atoms with Crippen molar-refractivity contribution in [3.05, 3.63) is 89.2 Å². The number of rotatable bonds is 5. The third kappa shape index (κ3) is 4.65. The van der Waals surface area contributed by atoms with Gasteiger partial charge in [0.2, 0.25) is 5.92 Å². The van der Waals surface area contributed by atoms with Gasteiger partial charge in [0, 0.05) is 18.4 Å². The number of aromatic carboxylic acids is 1. The number of nitrogens with zero attached hydrogens (tertiary/aromatic N) is 3. The molecule has 1 fully saturated rings. The lowest BCUT2D eigenvalue weighted by molar-refractivity contribution is -0.0382. The van der Waals surface area contributed by atoms with Crippen molar-refractivity contribution in [2.24, 2.45) is 0 Å². The molecule has 0 unspecified atom stereocenters. The summed E-state index contributed by atoms with van der Waals surface area (Å²) >= 11 is 0. The second-order valence-electron chi connectivity index (χ2n) is 9.54. The van der Waals surface area contributed by atoms with E-state index >= 15 is 0 Å². The Hall–Kier alpha value is -3.87. The van der Waals surface area contributed by atoms with E-state index in [0.29, 0.717) is 24.4 Å². The number of hydrogen-bond acceptors (Lipinski definition) is 3. The highest BCUT2D eigenvalue weighted by atomic mass is 19.3. The van der Waals surface area contributed by atoms with Gasteiger partial charge in [-0.05, 0) is 67.5 Å². The van der Waals surface area contributed by atoms with Crippen molar-refractivity contribution in [3.8, 4) is 28.2 Å². The highest BCUT2D eigenvalue weighted by Crippen LogP contribution is 2.41. The molecule has 0 atom stereocenters. The van der Waals surface area contributed by atoms with Gasteiger partial charge in [-0.25, -0.2) is 23.2 Å². The van der Waals surface area contributed by atoms with E-state index in [9.17, 15) is 18.7 Å². The lowest BCUT2D eigenvalue weighted by Gasteiger charge is -2.28. The first-order valence-electron chi connectivity index (χ1n) is 12.1. The first-order valence-corrected chi connectivity index (χ1v) is 12.1. The van der Waals surface area contributed by atoms with E-state index in [-0.39, 0.29) is 24.3 Å².